The van der Waals surface area contributed by atoms with Gasteiger partial charge in [-0.3, -0.25) is 48.5 Å². The van der Waals surface area contributed by atoms with Gasteiger partial charge in [-0.1, -0.05) is 70.0 Å². The van der Waals surface area contributed by atoms with Crippen LogP contribution in [-0.4, -0.2) is 177 Å². The average Bonchev–Trinajstić information content (AvgIpc) is 0.762. The lowest BCUT2D eigenvalue weighted by atomic mass is 9.54. The van der Waals surface area contributed by atoms with Crippen LogP contribution in [0.2, 0.25) is 5.02 Å². The average molecular weight is 1630 g/mol. The highest BCUT2D eigenvalue weighted by atomic mass is 35.5. The van der Waals surface area contributed by atoms with Gasteiger partial charge in [0.05, 0.1) is 68.5 Å². The van der Waals surface area contributed by atoms with E-state index in [2.05, 4.69) is 31.9 Å². The molecule has 4 saturated carbocycles. The standard InChI is InChI=1S/C83H106ClN9O23/c1-8-9-20-110-38-68(103)89-66(101)34-56-79(106)93-73(78(86)105)49-29-62(112-51-15-12-45(13-16-51)40(4)71(80(107)88-56)90-65(100)19-10-39(2)3)76(116-82-75(59(98)33-52(37-94)113-82)115-69-36-83(6,87)77(104)41(5)111-69)63(30-49)114-60-18-14-46(28-55(60)84)58(97)35-67(102)91-74(81(108)92-72-47-22-43-21-44(24-47)25-48(72)23-43)54-31-50(95)32-61(109-7)70(54)53-26-42(27-64(85)99)11-17-57(53)96/h11-18,26,28-32,39-41,43-44,47-48,52,56,58-59,69,71-75,77,82,94-98,104H,8-10,19-25,27,33-38,87H2,1-7H3,(H2,85,99)(H2,86,105)(H,88,107)(H,90,100)(H,91,102)(H,92,108)(H,93,106)(H,89,101,103). The molecule has 0 aromatic heterocycles. The number of ether oxygens (including phenoxy) is 8. The van der Waals surface area contributed by atoms with Crippen LogP contribution in [-0.2, 0) is 68.5 Å². The van der Waals surface area contributed by atoms with Gasteiger partial charge in [-0.05, 0) is 171 Å². The van der Waals surface area contributed by atoms with Gasteiger partial charge in [0.1, 0.15) is 65.6 Å². The van der Waals surface area contributed by atoms with Gasteiger partial charge >= 0.3 is 0 Å². The lowest BCUT2D eigenvalue weighted by Crippen LogP contribution is -2.62. The van der Waals surface area contributed by atoms with E-state index < -0.39 is 176 Å². The van der Waals surface area contributed by atoms with E-state index in [9.17, 15) is 64.2 Å². The quantitative estimate of drug-likeness (QED) is 0.0244. The second kappa shape index (κ2) is 38.1. The van der Waals surface area contributed by atoms with E-state index in [1.807, 2.05) is 20.8 Å². The summed E-state index contributed by atoms with van der Waals surface area (Å²) in [5.74, 6) is -9.56. The fourth-order valence-electron chi connectivity index (χ4n) is 16.7. The van der Waals surface area contributed by atoms with Crippen molar-refractivity contribution in [3.05, 3.63) is 118 Å². The molecule has 5 aromatic carbocycles. The molecule has 0 radical (unpaired) electrons. The number of nitrogens with one attached hydrogen (secondary N) is 6. The third-order valence-corrected chi connectivity index (χ3v) is 22.8. The highest BCUT2D eigenvalue weighted by molar-refractivity contribution is 6.32. The molecule has 14 atom stereocenters. The maximum atomic E-state index is 15.2. The van der Waals surface area contributed by atoms with Crippen LogP contribution in [0.4, 0.5) is 0 Å². The number of methoxy groups -OCH3 is 1. The molecule has 8 aliphatic rings. The third kappa shape index (κ3) is 21.3. The summed E-state index contributed by atoms with van der Waals surface area (Å²) >= 11 is 7.20. The maximum Gasteiger partial charge on any atom is 0.252 e. The maximum absolute atomic E-state index is 15.2. The van der Waals surface area contributed by atoms with Crippen LogP contribution in [0.1, 0.15) is 177 Å². The number of unbranched alkanes of at least 4 members (excludes halogenated alkanes) is 1. The minimum absolute atomic E-state index is 0.0112. The van der Waals surface area contributed by atoms with Crippen molar-refractivity contribution in [2.45, 2.75) is 222 Å². The first-order valence-corrected chi connectivity index (χ1v) is 39.7. The van der Waals surface area contributed by atoms with E-state index in [1.165, 1.54) is 79.9 Å². The van der Waals surface area contributed by atoms with Crippen molar-refractivity contribution < 1.29 is 112 Å². The number of hydrogen-bond acceptors (Lipinski definition) is 24. The molecule has 628 valence electrons. The molecule has 2 saturated heterocycles. The van der Waals surface area contributed by atoms with Crippen LogP contribution in [0.3, 0.4) is 0 Å². The number of rotatable bonds is 30. The van der Waals surface area contributed by atoms with Gasteiger partial charge in [0, 0.05) is 60.6 Å². The first kappa shape index (κ1) is 87.1. The Kier molecular flexibility index (Phi) is 28.6. The summed E-state index contributed by atoms with van der Waals surface area (Å²) in [6.45, 7) is 9.57. The Balaban J connectivity index is 0.977. The molecule has 6 fully saturated rings. The number of carbonyl (C=O) groups is 9. The molecule has 0 spiro atoms. The van der Waals surface area contributed by atoms with Crippen LogP contribution >= 0.6 is 11.6 Å². The molecule has 33 heteroatoms. The van der Waals surface area contributed by atoms with E-state index in [4.69, 9.17) is 66.7 Å². The number of nitrogens with two attached hydrogens (primary N) is 3. The number of hydrogen-bond donors (Lipinski definition) is 15. The minimum Gasteiger partial charge on any atom is -0.508 e. The number of fused-ring (bicyclic) bond motifs is 9. The van der Waals surface area contributed by atoms with Crippen LogP contribution in [0, 0.1) is 29.6 Å². The molecular formula is C83H106ClN9O23. The van der Waals surface area contributed by atoms with Gasteiger partial charge in [0.25, 0.3) is 5.91 Å². The van der Waals surface area contributed by atoms with Gasteiger partial charge in [-0.2, -0.15) is 0 Å². The highest BCUT2D eigenvalue weighted by Gasteiger charge is 2.51. The van der Waals surface area contributed by atoms with Crippen molar-refractivity contribution in [1.29, 1.82) is 0 Å². The van der Waals surface area contributed by atoms with Crippen molar-refractivity contribution in [3.63, 3.8) is 0 Å². The van der Waals surface area contributed by atoms with Gasteiger partial charge in [-0.15, -0.1) is 0 Å². The number of phenols is 2. The van der Waals surface area contributed by atoms with Gasteiger partial charge < -0.3 is 112 Å². The minimum atomic E-state index is -1.97. The van der Waals surface area contributed by atoms with E-state index in [0.29, 0.717) is 35.8 Å². The van der Waals surface area contributed by atoms with Crippen LogP contribution < -0.4 is 68.0 Å². The summed E-state index contributed by atoms with van der Waals surface area (Å²) in [7, 11) is 1.31. The summed E-state index contributed by atoms with van der Waals surface area (Å²) in [6, 6.07) is 12.1. The monoisotopic (exact) mass is 1630 g/mol. The summed E-state index contributed by atoms with van der Waals surface area (Å²) < 4.78 is 50.3. The van der Waals surface area contributed by atoms with Gasteiger partial charge in [-0.25, -0.2) is 0 Å². The molecule has 5 aromatic rings. The van der Waals surface area contributed by atoms with Crippen molar-refractivity contribution >= 4 is 64.8 Å². The fourth-order valence-corrected chi connectivity index (χ4v) is 16.9. The molecule has 4 aliphatic heterocycles. The number of aromatic hydroxyl groups is 2. The number of carbonyl (C=O) groups excluding carboxylic acids is 9. The Morgan fingerprint density at radius 2 is 1.51 bits per heavy atom. The Morgan fingerprint density at radius 1 is 0.793 bits per heavy atom. The lowest BCUT2D eigenvalue weighted by molar-refractivity contribution is -0.316. The van der Waals surface area contributed by atoms with Crippen LogP contribution in [0.25, 0.3) is 11.1 Å². The summed E-state index contributed by atoms with van der Waals surface area (Å²) in [5, 5.41) is 84.5. The fraction of sp³-hybridized carbons (Fsp3) is 0.530. The number of amides is 9. The predicted octanol–water partition coefficient (Wildman–Crippen LogP) is 5.72. The zero-order valence-electron chi connectivity index (χ0n) is 65.8. The number of phenolic OH excluding ortho intramolecular Hbond substituents is 2. The van der Waals surface area contributed by atoms with Crippen LogP contribution in [0.5, 0.6) is 46.0 Å². The van der Waals surface area contributed by atoms with E-state index >= 15 is 9.59 Å². The largest absolute Gasteiger partial charge is 0.508 e. The molecular weight excluding hydrogens is 1530 g/mol. The zero-order valence-corrected chi connectivity index (χ0v) is 66.6. The third-order valence-electron chi connectivity index (χ3n) is 22.5. The van der Waals surface area contributed by atoms with Crippen molar-refractivity contribution in [2.24, 2.45) is 46.8 Å². The molecule has 116 heavy (non-hydrogen) atoms. The molecule has 18 N–H and O–H groups in total. The number of primary amides is 2. The van der Waals surface area contributed by atoms with Crippen molar-refractivity contribution in [2.75, 3.05) is 26.9 Å². The molecule has 14 unspecified atom stereocenters. The second-order valence-corrected chi connectivity index (χ2v) is 32.5. The first-order valence-electron chi connectivity index (χ1n) is 39.4. The molecule has 32 nitrogen and oxygen atoms in total. The molecule has 4 heterocycles. The number of imide groups is 1. The Bertz CT molecular complexity index is 4410. The molecule has 8 bridgehead atoms. The Hall–Kier alpha value is -9.74. The van der Waals surface area contributed by atoms with Gasteiger partial charge in [0.15, 0.2) is 17.8 Å². The molecule has 4 aliphatic carbocycles. The highest BCUT2D eigenvalue weighted by Crippen LogP contribution is 2.55. The normalized spacial score (nSPS) is 27.4. The smallest absolute Gasteiger partial charge is 0.252 e. The van der Waals surface area contributed by atoms with Crippen molar-refractivity contribution in [1.82, 2.24) is 31.9 Å². The summed E-state index contributed by atoms with van der Waals surface area (Å²) in [4.78, 5) is 127. The van der Waals surface area contributed by atoms with E-state index in [-0.39, 0.29) is 123 Å². The Morgan fingerprint density at radius 3 is 2.16 bits per heavy atom. The number of halogens is 1. The SMILES string of the molecule is CCCCOCC(=O)NC(=O)CC1NC(=O)C(NC(=O)CCC(C)C)C(C)c2ccc(cc2)Oc2cc(cc(Oc3ccc(C(O)CC(=O)NC(C(=O)NC4C5CC6CC(C5)CC4C6)c4cc(O)cc(OC)c4-c4cc(CC(N)=O)ccc4O)cc3Cl)c2OC2OC(CO)CC(O)C2OC2CC(C)(N)C(O)C(C)O2)C(C(N)=O)NC1=O. The Labute approximate surface area is 676 Å². The summed E-state index contributed by atoms with van der Waals surface area (Å²) in [6.07, 6.45) is -6.41. The van der Waals surface area contributed by atoms with Gasteiger partial charge in [0.2, 0.25) is 59.3 Å². The summed E-state index contributed by atoms with van der Waals surface area (Å²) in [5.41, 5.74) is 17.9. The van der Waals surface area contributed by atoms with E-state index in [0.717, 1.165) is 38.5 Å². The number of aliphatic hydroxyl groups is 4. The lowest BCUT2D eigenvalue weighted by Gasteiger charge is -2.54. The molecule has 13 rings (SSSR count). The zero-order chi connectivity index (χ0) is 83.7. The van der Waals surface area contributed by atoms with Crippen molar-refractivity contribution in [3.8, 4) is 57.1 Å². The van der Waals surface area contributed by atoms with E-state index in [1.54, 1.807) is 32.9 Å². The van der Waals surface area contributed by atoms with Crippen LogP contribution in [0.15, 0.2) is 84.9 Å². The molecule has 9 amide bonds. The first-order chi connectivity index (χ1) is 55.1. The predicted molar refractivity (Wildman–Crippen MR) is 418 cm³/mol. The number of aliphatic hydroxyl groups excluding tert-OH is 4. The second-order valence-electron chi connectivity index (χ2n) is 32.1. The topological polar surface area (TPSA) is 499 Å². The number of benzene rings is 5.